The Morgan fingerprint density at radius 2 is 1.88 bits per heavy atom. The molecule has 0 saturated carbocycles. The van der Waals surface area contributed by atoms with E-state index in [1.54, 1.807) is 18.2 Å². The largest absolute Gasteiger partial charge is 0.461 e. The topological polar surface area (TPSA) is 73.8 Å². The number of hydrogen-bond donors (Lipinski definition) is 3. The highest BCUT2D eigenvalue weighted by atomic mass is 16.4. The van der Waals surface area contributed by atoms with E-state index in [0.717, 1.165) is 17.6 Å². The van der Waals surface area contributed by atoms with Gasteiger partial charge in [-0.15, -0.1) is 5.73 Å². The number of rotatable bonds is 8. The van der Waals surface area contributed by atoms with Gasteiger partial charge in [0.25, 0.3) is 0 Å². The lowest BCUT2D eigenvalue weighted by molar-refractivity contribution is 0.145. The second-order valence-electron chi connectivity index (χ2n) is 5.65. The summed E-state index contributed by atoms with van der Waals surface area (Å²) in [4.78, 5) is 0. The van der Waals surface area contributed by atoms with Gasteiger partial charge in [0.05, 0.1) is 6.10 Å². The Labute approximate surface area is 142 Å². The highest BCUT2D eigenvalue weighted by molar-refractivity contribution is 5.19. The van der Waals surface area contributed by atoms with Crippen LogP contribution in [-0.2, 0) is 6.61 Å². The van der Waals surface area contributed by atoms with Crippen LogP contribution in [0.15, 0.2) is 64.3 Å². The molecule has 0 aliphatic rings. The molecule has 0 spiro atoms. The van der Waals surface area contributed by atoms with Crippen LogP contribution in [0.2, 0.25) is 0 Å². The van der Waals surface area contributed by atoms with Crippen molar-refractivity contribution in [2.75, 3.05) is 0 Å². The lowest BCUT2D eigenvalue weighted by atomic mass is 10.0. The molecule has 0 bridgehead atoms. The van der Waals surface area contributed by atoms with Crippen LogP contribution in [0.3, 0.4) is 0 Å². The van der Waals surface area contributed by atoms with Gasteiger partial charge in [0.15, 0.2) is 0 Å². The van der Waals surface area contributed by atoms with Crippen LogP contribution in [0.5, 0.6) is 0 Å². The molecule has 4 nitrogen and oxygen atoms in total. The van der Waals surface area contributed by atoms with Gasteiger partial charge in [-0.2, -0.15) is 0 Å². The maximum absolute atomic E-state index is 10.3. The second-order valence-corrected chi connectivity index (χ2v) is 5.65. The minimum Gasteiger partial charge on any atom is -0.461 e. The third kappa shape index (κ3) is 5.22. The standard InChI is InChI=1S/C20H24O4/c1-2-15(13-19(23)16-8-4-3-5-9-16)7-6-10-18(22)20-12-11-17(14-21)24-20/h3-6,8-9,11-12,18-19,21-23H,2,10,13-14H2,1H3/t7?,18-,19-/m1/s1. The summed E-state index contributed by atoms with van der Waals surface area (Å²) < 4.78 is 5.31. The van der Waals surface area contributed by atoms with Crippen molar-refractivity contribution in [3.05, 3.63) is 76.9 Å². The van der Waals surface area contributed by atoms with Gasteiger partial charge in [0.1, 0.15) is 24.2 Å². The first kappa shape index (κ1) is 18.2. The lowest BCUT2D eigenvalue weighted by Gasteiger charge is -2.11. The van der Waals surface area contributed by atoms with E-state index in [1.165, 1.54) is 0 Å². The molecular formula is C20H24O4. The van der Waals surface area contributed by atoms with Crippen molar-refractivity contribution < 1.29 is 19.7 Å². The molecule has 4 heteroatoms. The third-order valence-electron chi connectivity index (χ3n) is 3.86. The van der Waals surface area contributed by atoms with Crippen molar-refractivity contribution in [3.63, 3.8) is 0 Å². The Morgan fingerprint density at radius 1 is 1.12 bits per heavy atom. The van der Waals surface area contributed by atoms with Gasteiger partial charge in [-0.05, 0) is 35.8 Å². The Kier molecular flexibility index (Phi) is 7.04. The molecule has 128 valence electrons. The quantitative estimate of drug-likeness (QED) is 0.644. The average molecular weight is 328 g/mol. The highest BCUT2D eigenvalue weighted by Gasteiger charge is 2.11. The van der Waals surface area contributed by atoms with Crippen LogP contribution >= 0.6 is 0 Å². The van der Waals surface area contributed by atoms with E-state index in [1.807, 2.05) is 37.3 Å². The second kappa shape index (κ2) is 9.26. The molecule has 0 radical (unpaired) electrons. The molecule has 0 saturated heterocycles. The zero-order valence-electron chi connectivity index (χ0n) is 13.9. The number of aliphatic hydroxyl groups excluding tert-OH is 3. The number of benzene rings is 1. The molecule has 0 fully saturated rings. The van der Waals surface area contributed by atoms with E-state index in [-0.39, 0.29) is 6.61 Å². The molecule has 1 aromatic heterocycles. The Balaban J connectivity index is 1.97. The van der Waals surface area contributed by atoms with Gasteiger partial charge >= 0.3 is 0 Å². The zero-order valence-corrected chi connectivity index (χ0v) is 13.9. The smallest absolute Gasteiger partial charge is 0.133 e. The fourth-order valence-corrected chi connectivity index (χ4v) is 2.42. The van der Waals surface area contributed by atoms with Gasteiger partial charge in [-0.3, -0.25) is 0 Å². The average Bonchev–Trinajstić information content (AvgIpc) is 3.10. The van der Waals surface area contributed by atoms with Crippen molar-refractivity contribution in [1.82, 2.24) is 0 Å². The minimum atomic E-state index is -0.769. The lowest BCUT2D eigenvalue weighted by Crippen LogP contribution is -1.98. The van der Waals surface area contributed by atoms with Gasteiger partial charge < -0.3 is 19.7 Å². The summed E-state index contributed by atoms with van der Waals surface area (Å²) in [5.41, 5.74) is 5.05. The van der Waals surface area contributed by atoms with Crippen molar-refractivity contribution in [3.8, 4) is 0 Å². The molecule has 2 atom stereocenters. The SMILES string of the molecule is CCC(=C=CC[C@@H](O)c1ccc(CO)o1)C[C@@H](O)c1ccccc1. The van der Waals surface area contributed by atoms with Crippen molar-refractivity contribution in [2.45, 2.75) is 45.0 Å². The molecule has 0 amide bonds. The number of hydrogen-bond acceptors (Lipinski definition) is 4. The first-order valence-corrected chi connectivity index (χ1v) is 8.17. The van der Waals surface area contributed by atoms with Crippen molar-refractivity contribution in [1.29, 1.82) is 0 Å². The molecule has 0 aliphatic heterocycles. The van der Waals surface area contributed by atoms with Crippen molar-refractivity contribution >= 4 is 0 Å². The predicted octanol–water partition coefficient (Wildman–Crippen LogP) is 3.81. The zero-order chi connectivity index (χ0) is 17.4. The fourth-order valence-electron chi connectivity index (χ4n) is 2.42. The van der Waals surface area contributed by atoms with Gasteiger partial charge in [0.2, 0.25) is 0 Å². The summed E-state index contributed by atoms with van der Waals surface area (Å²) in [6, 6.07) is 12.8. The van der Waals surface area contributed by atoms with Crippen LogP contribution in [0, 0.1) is 0 Å². The number of furan rings is 1. The van der Waals surface area contributed by atoms with E-state index in [4.69, 9.17) is 9.52 Å². The Bertz CT molecular complexity index is 681. The molecule has 24 heavy (non-hydrogen) atoms. The first-order chi connectivity index (χ1) is 11.6. The molecule has 1 heterocycles. The Morgan fingerprint density at radius 3 is 2.50 bits per heavy atom. The summed E-state index contributed by atoms with van der Waals surface area (Å²) in [7, 11) is 0. The van der Waals surface area contributed by atoms with Gasteiger partial charge in [-0.25, -0.2) is 0 Å². The highest BCUT2D eigenvalue weighted by Crippen LogP contribution is 2.23. The van der Waals surface area contributed by atoms with Gasteiger partial charge in [0, 0.05) is 12.8 Å². The van der Waals surface area contributed by atoms with Gasteiger partial charge in [-0.1, -0.05) is 37.3 Å². The van der Waals surface area contributed by atoms with Crippen LogP contribution in [0.4, 0.5) is 0 Å². The molecular weight excluding hydrogens is 304 g/mol. The summed E-state index contributed by atoms with van der Waals surface area (Å²) in [6.07, 6.45) is 2.11. The van der Waals surface area contributed by atoms with E-state index in [9.17, 15) is 10.2 Å². The minimum absolute atomic E-state index is 0.181. The normalized spacial score (nSPS) is 13.2. The fraction of sp³-hybridized carbons (Fsp3) is 0.350. The molecule has 0 aliphatic carbocycles. The summed E-state index contributed by atoms with van der Waals surface area (Å²) in [6.45, 7) is 1.84. The summed E-state index contributed by atoms with van der Waals surface area (Å²) in [5.74, 6) is 0.864. The van der Waals surface area contributed by atoms with E-state index in [2.05, 4.69) is 5.73 Å². The van der Waals surface area contributed by atoms with Crippen molar-refractivity contribution in [2.24, 2.45) is 0 Å². The molecule has 1 aromatic carbocycles. The molecule has 3 N–H and O–H groups in total. The molecule has 0 unspecified atom stereocenters. The summed E-state index contributed by atoms with van der Waals surface area (Å²) in [5, 5.41) is 29.3. The first-order valence-electron chi connectivity index (χ1n) is 8.17. The Hall–Kier alpha value is -2.10. The molecule has 2 rings (SSSR count). The summed E-state index contributed by atoms with van der Waals surface area (Å²) >= 11 is 0. The van der Waals surface area contributed by atoms with Crippen LogP contribution in [0.25, 0.3) is 0 Å². The van der Waals surface area contributed by atoms with Crippen LogP contribution < -0.4 is 0 Å². The number of aliphatic hydroxyl groups is 3. The third-order valence-corrected chi connectivity index (χ3v) is 3.86. The van der Waals surface area contributed by atoms with E-state index >= 15 is 0 Å². The van der Waals surface area contributed by atoms with E-state index in [0.29, 0.717) is 24.4 Å². The monoisotopic (exact) mass is 328 g/mol. The predicted molar refractivity (Wildman–Crippen MR) is 92.1 cm³/mol. The van der Waals surface area contributed by atoms with E-state index < -0.39 is 12.2 Å². The maximum Gasteiger partial charge on any atom is 0.133 e. The molecule has 2 aromatic rings. The van der Waals surface area contributed by atoms with Crippen LogP contribution in [0.1, 0.15) is 55.5 Å². The maximum atomic E-state index is 10.3. The van der Waals surface area contributed by atoms with Crippen LogP contribution in [-0.4, -0.2) is 15.3 Å².